The highest BCUT2D eigenvalue weighted by Crippen LogP contribution is 2.34. The molecule has 1 atom stereocenters. The zero-order valence-electron chi connectivity index (χ0n) is 17.1. The zero-order valence-corrected chi connectivity index (χ0v) is 17.9. The number of likely N-dealkylation sites (tertiary alicyclic amines) is 1. The summed E-state index contributed by atoms with van der Waals surface area (Å²) in [7, 11) is 0. The zero-order chi connectivity index (χ0) is 22.2. The van der Waals surface area contributed by atoms with E-state index >= 15 is 0 Å². The number of halogens is 2. The van der Waals surface area contributed by atoms with Crippen LogP contribution in [0.1, 0.15) is 35.7 Å². The van der Waals surface area contributed by atoms with E-state index in [1.807, 2.05) is 0 Å². The van der Waals surface area contributed by atoms with Gasteiger partial charge in [-0.1, -0.05) is 29.8 Å². The molecule has 8 heteroatoms. The monoisotopic (exact) mass is 443 g/mol. The average molecular weight is 444 g/mol. The van der Waals surface area contributed by atoms with Gasteiger partial charge in [0, 0.05) is 23.7 Å². The van der Waals surface area contributed by atoms with E-state index in [1.54, 1.807) is 48.2 Å². The smallest absolute Gasteiger partial charge is 0.325 e. The van der Waals surface area contributed by atoms with Crippen LogP contribution >= 0.6 is 11.6 Å². The Morgan fingerprint density at radius 2 is 1.84 bits per heavy atom. The van der Waals surface area contributed by atoms with Crippen molar-refractivity contribution in [2.75, 3.05) is 13.1 Å². The minimum absolute atomic E-state index is 0.0899. The molecule has 4 amide bonds. The number of benzene rings is 2. The molecule has 0 unspecified atom stereocenters. The summed E-state index contributed by atoms with van der Waals surface area (Å²) < 4.78 is 13.1. The first kappa shape index (κ1) is 21.3. The van der Waals surface area contributed by atoms with Crippen LogP contribution in [-0.4, -0.2) is 46.3 Å². The van der Waals surface area contributed by atoms with Crippen molar-refractivity contribution in [1.82, 2.24) is 15.1 Å². The van der Waals surface area contributed by atoms with Crippen LogP contribution in [-0.2, 0) is 11.3 Å². The molecule has 2 aromatic rings. The van der Waals surface area contributed by atoms with E-state index in [2.05, 4.69) is 5.32 Å². The number of imide groups is 1. The molecular formula is C23H23ClFN3O3. The van der Waals surface area contributed by atoms with Gasteiger partial charge in [0.1, 0.15) is 11.4 Å². The highest BCUT2D eigenvalue weighted by Gasteiger charge is 2.52. The van der Waals surface area contributed by atoms with E-state index in [9.17, 15) is 18.8 Å². The molecule has 2 aromatic carbocycles. The first-order valence-electron chi connectivity index (χ1n) is 10.2. The standard InChI is InChI=1S/C23H23ClFN3O3/c1-23(21(30)28(22(31)26-23)14-15-5-7-19(25)8-6-15)17-9-11-27(12-10-17)20(29)16-3-2-4-18(24)13-16/h2-8,13,17H,9-12,14H2,1H3,(H,26,31)/t23-/m0/s1. The Labute approximate surface area is 185 Å². The molecular weight excluding hydrogens is 421 g/mol. The molecule has 2 aliphatic heterocycles. The molecule has 2 fully saturated rings. The van der Waals surface area contributed by atoms with Crippen molar-refractivity contribution in [2.45, 2.75) is 31.8 Å². The summed E-state index contributed by atoms with van der Waals surface area (Å²) in [6.07, 6.45) is 1.19. The molecule has 0 saturated carbocycles. The third kappa shape index (κ3) is 4.14. The van der Waals surface area contributed by atoms with Crippen molar-refractivity contribution < 1.29 is 18.8 Å². The van der Waals surface area contributed by atoms with Gasteiger partial charge in [-0.2, -0.15) is 0 Å². The van der Waals surface area contributed by atoms with E-state index in [-0.39, 0.29) is 30.1 Å². The SMILES string of the molecule is C[C@@]1(C2CCN(C(=O)c3cccc(Cl)c3)CC2)NC(=O)N(Cc2ccc(F)cc2)C1=O. The Hall–Kier alpha value is -2.93. The highest BCUT2D eigenvalue weighted by atomic mass is 35.5. The number of hydrogen-bond acceptors (Lipinski definition) is 3. The van der Waals surface area contributed by atoms with Crippen LogP contribution in [0.5, 0.6) is 0 Å². The maximum Gasteiger partial charge on any atom is 0.325 e. The Morgan fingerprint density at radius 1 is 1.16 bits per heavy atom. The van der Waals surface area contributed by atoms with Crippen LogP contribution < -0.4 is 5.32 Å². The molecule has 162 valence electrons. The minimum Gasteiger partial charge on any atom is -0.339 e. The van der Waals surface area contributed by atoms with Gasteiger partial charge in [-0.25, -0.2) is 9.18 Å². The molecule has 4 rings (SSSR count). The van der Waals surface area contributed by atoms with Crippen molar-refractivity contribution in [1.29, 1.82) is 0 Å². The summed E-state index contributed by atoms with van der Waals surface area (Å²) in [5, 5.41) is 3.37. The van der Waals surface area contributed by atoms with Crippen LogP contribution in [0.15, 0.2) is 48.5 Å². The highest BCUT2D eigenvalue weighted by molar-refractivity contribution is 6.30. The first-order chi connectivity index (χ1) is 14.8. The molecule has 0 aromatic heterocycles. The predicted octanol–water partition coefficient (Wildman–Crippen LogP) is 3.84. The van der Waals surface area contributed by atoms with Gasteiger partial charge in [-0.05, 0) is 61.6 Å². The molecule has 6 nitrogen and oxygen atoms in total. The molecule has 2 aliphatic rings. The summed E-state index contributed by atoms with van der Waals surface area (Å²) in [6, 6.07) is 12.1. The molecule has 2 saturated heterocycles. The second kappa shape index (κ2) is 8.30. The summed E-state index contributed by atoms with van der Waals surface area (Å²) in [5.41, 5.74) is 0.187. The topological polar surface area (TPSA) is 69.7 Å². The van der Waals surface area contributed by atoms with Crippen LogP contribution in [0.2, 0.25) is 5.02 Å². The van der Waals surface area contributed by atoms with Crippen molar-refractivity contribution in [3.05, 3.63) is 70.5 Å². The Morgan fingerprint density at radius 3 is 2.48 bits per heavy atom. The summed E-state index contributed by atoms with van der Waals surface area (Å²) in [6.45, 7) is 2.82. The summed E-state index contributed by atoms with van der Waals surface area (Å²) in [5.74, 6) is -0.845. The van der Waals surface area contributed by atoms with E-state index in [4.69, 9.17) is 11.6 Å². The van der Waals surface area contributed by atoms with Crippen LogP contribution in [0.4, 0.5) is 9.18 Å². The van der Waals surface area contributed by atoms with Gasteiger partial charge in [0.2, 0.25) is 0 Å². The maximum atomic E-state index is 13.2. The van der Waals surface area contributed by atoms with Crippen molar-refractivity contribution in [3.63, 3.8) is 0 Å². The Bertz CT molecular complexity index is 1020. The molecule has 31 heavy (non-hydrogen) atoms. The molecule has 0 spiro atoms. The number of rotatable bonds is 4. The van der Waals surface area contributed by atoms with E-state index in [0.29, 0.717) is 42.1 Å². The van der Waals surface area contributed by atoms with E-state index in [0.717, 1.165) is 0 Å². The second-order valence-electron chi connectivity index (χ2n) is 8.23. The molecule has 0 bridgehead atoms. The summed E-state index contributed by atoms with van der Waals surface area (Å²) in [4.78, 5) is 41.4. The average Bonchev–Trinajstić information content (AvgIpc) is 2.98. The lowest BCUT2D eigenvalue weighted by Gasteiger charge is -2.39. The van der Waals surface area contributed by atoms with E-state index < -0.39 is 11.6 Å². The molecule has 0 radical (unpaired) electrons. The van der Waals surface area contributed by atoms with Gasteiger partial charge in [0.05, 0.1) is 6.54 Å². The fourth-order valence-electron chi connectivity index (χ4n) is 4.37. The molecule has 2 heterocycles. The third-order valence-corrected chi connectivity index (χ3v) is 6.46. The lowest BCUT2D eigenvalue weighted by Crippen LogP contribution is -2.54. The summed E-state index contributed by atoms with van der Waals surface area (Å²) >= 11 is 5.99. The minimum atomic E-state index is -1.03. The number of amides is 4. The third-order valence-electron chi connectivity index (χ3n) is 6.23. The van der Waals surface area contributed by atoms with Gasteiger partial charge < -0.3 is 10.2 Å². The number of nitrogens with zero attached hydrogens (tertiary/aromatic N) is 2. The number of hydrogen-bond donors (Lipinski definition) is 1. The van der Waals surface area contributed by atoms with Crippen LogP contribution in [0.25, 0.3) is 0 Å². The quantitative estimate of drug-likeness (QED) is 0.730. The molecule has 1 N–H and O–H groups in total. The fraction of sp³-hybridized carbons (Fsp3) is 0.348. The van der Waals surface area contributed by atoms with E-state index in [1.165, 1.54) is 17.0 Å². The second-order valence-corrected chi connectivity index (χ2v) is 8.66. The van der Waals surface area contributed by atoms with Gasteiger partial charge in [-0.3, -0.25) is 14.5 Å². The number of carbonyl (C=O) groups excluding carboxylic acids is 3. The fourth-order valence-corrected chi connectivity index (χ4v) is 4.56. The number of carbonyl (C=O) groups is 3. The largest absolute Gasteiger partial charge is 0.339 e. The normalized spacial score (nSPS) is 22.0. The number of nitrogens with one attached hydrogen (secondary N) is 1. The predicted molar refractivity (Wildman–Crippen MR) is 114 cm³/mol. The van der Waals surface area contributed by atoms with Gasteiger partial charge in [0.15, 0.2) is 0 Å². The first-order valence-corrected chi connectivity index (χ1v) is 10.6. The Balaban J connectivity index is 1.42. The lowest BCUT2D eigenvalue weighted by atomic mass is 9.78. The van der Waals surface area contributed by atoms with Gasteiger partial charge >= 0.3 is 6.03 Å². The van der Waals surface area contributed by atoms with Crippen molar-refractivity contribution in [2.24, 2.45) is 5.92 Å². The van der Waals surface area contributed by atoms with Crippen LogP contribution in [0.3, 0.4) is 0 Å². The number of urea groups is 1. The van der Waals surface area contributed by atoms with Gasteiger partial charge in [-0.15, -0.1) is 0 Å². The maximum absolute atomic E-state index is 13.2. The van der Waals surface area contributed by atoms with Crippen molar-refractivity contribution in [3.8, 4) is 0 Å². The lowest BCUT2D eigenvalue weighted by molar-refractivity contribution is -0.133. The van der Waals surface area contributed by atoms with Crippen LogP contribution in [0, 0.1) is 11.7 Å². The molecule has 0 aliphatic carbocycles. The number of piperidine rings is 1. The van der Waals surface area contributed by atoms with Crippen molar-refractivity contribution >= 4 is 29.4 Å². The van der Waals surface area contributed by atoms with Gasteiger partial charge in [0.25, 0.3) is 11.8 Å². The Kier molecular flexibility index (Phi) is 5.71.